The third-order valence-electron chi connectivity index (χ3n) is 3.26. The van der Waals surface area contributed by atoms with Crippen LogP contribution >= 0.6 is 11.3 Å². The van der Waals surface area contributed by atoms with E-state index in [0.717, 1.165) is 25.7 Å². The van der Waals surface area contributed by atoms with E-state index in [0.29, 0.717) is 0 Å². The molecule has 1 heterocycles. The standard InChI is InChI=1S/C13H18N2OS/c1-4-11-14-9-7-6-8-10(13(9)17-11)15(3)12(16)5-2/h5,10H,2,4,6-8H2,1,3H3. The maximum absolute atomic E-state index is 11.7. The van der Waals surface area contributed by atoms with Gasteiger partial charge in [0.25, 0.3) is 0 Å². The molecule has 1 aromatic heterocycles. The van der Waals surface area contributed by atoms with Crippen LogP contribution in [0, 0.1) is 0 Å². The van der Waals surface area contributed by atoms with Crippen LogP contribution in [0.2, 0.25) is 0 Å². The number of likely N-dealkylation sites (N-methyl/N-ethyl adjacent to an activating group) is 1. The number of hydrogen-bond donors (Lipinski definition) is 0. The molecule has 0 saturated heterocycles. The fourth-order valence-electron chi connectivity index (χ4n) is 2.27. The van der Waals surface area contributed by atoms with Crippen molar-refractivity contribution < 1.29 is 4.79 Å². The van der Waals surface area contributed by atoms with Gasteiger partial charge in [0, 0.05) is 7.05 Å². The molecular weight excluding hydrogens is 232 g/mol. The van der Waals surface area contributed by atoms with Gasteiger partial charge in [0.15, 0.2) is 0 Å². The third kappa shape index (κ3) is 2.27. The van der Waals surface area contributed by atoms with Gasteiger partial charge < -0.3 is 4.90 Å². The third-order valence-corrected chi connectivity index (χ3v) is 4.60. The molecule has 0 spiro atoms. The van der Waals surface area contributed by atoms with Crippen molar-refractivity contribution in [2.24, 2.45) is 0 Å². The Labute approximate surface area is 106 Å². The Morgan fingerprint density at radius 3 is 3.12 bits per heavy atom. The molecule has 92 valence electrons. The predicted molar refractivity (Wildman–Crippen MR) is 70.1 cm³/mol. The highest BCUT2D eigenvalue weighted by Gasteiger charge is 2.28. The van der Waals surface area contributed by atoms with Crippen LogP contribution in [0.5, 0.6) is 0 Å². The van der Waals surface area contributed by atoms with Gasteiger partial charge in [0.2, 0.25) is 5.91 Å². The molecule has 17 heavy (non-hydrogen) atoms. The minimum Gasteiger partial charge on any atom is -0.334 e. The van der Waals surface area contributed by atoms with Crippen molar-refractivity contribution in [3.63, 3.8) is 0 Å². The van der Waals surface area contributed by atoms with Crippen molar-refractivity contribution in [3.8, 4) is 0 Å². The van der Waals surface area contributed by atoms with E-state index in [1.165, 1.54) is 21.7 Å². The fraction of sp³-hybridized carbons (Fsp3) is 0.538. The largest absolute Gasteiger partial charge is 0.334 e. The summed E-state index contributed by atoms with van der Waals surface area (Å²) in [6.07, 6.45) is 5.56. The number of nitrogens with zero attached hydrogens (tertiary/aromatic N) is 2. The van der Waals surface area contributed by atoms with E-state index in [-0.39, 0.29) is 11.9 Å². The number of rotatable bonds is 3. The van der Waals surface area contributed by atoms with Crippen LogP contribution in [-0.4, -0.2) is 22.8 Å². The number of thiazole rings is 1. The SMILES string of the molecule is C=CC(=O)N(C)C1CCCc2nc(CC)sc21. The molecule has 3 nitrogen and oxygen atoms in total. The molecule has 1 aliphatic carbocycles. The number of aryl methyl sites for hydroxylation is 2. The highest BCUT2D eigenvalue weighted by Crippen LogP contribution is 2.37. The first kappa shape index (κ1) is 12.3. The molecule has 1 unspecified atom stereocenters. The minimum atomic E-state index is -0.00528. The second-order valence-electron chi connectivity index (χ2n) is 4.33. The van der Waals surface area contributed by atoms with Gasteiger partial charge in [-0.2, -0.15) is 0 Å². The molecule has 0 fully saturated rings. The predicted octanol–water partition coefficient (Wildman–Crippen LogP) is 2.73. The van der Waals surface area contributed by atoms with Gasteiger partial charge in [-0.1, -0.05) is 13.5 Å². The highest BCUT2D eigenvalue weighted by atomic mass is 32.1. The molecule has 1 amide bonds. The highest BCUT2D eigenvalue weighted by molar-refractivity contribution is 7.11. The second kappa shape index (κ2) is 5.00. The first-order valence-corrected chi connectivity index (χ1v) is 6.86. The summed E-state index contributed by atoms with van der Waals surface area (Å²) in [7, 11) is 1.86. The molecule has 0 N–H and O–H groups in total. The van der Waals surface area contributed by atoms with E-state index in [4.69, 9.17) is 0 Å². The van der Waals surface area contributed by atoms with Crippen LogP contribution in [0.25, 0.3) is 0 Å². The van der Waals surface area contributed by atoms with Gasteiger partial charge in [-0.25, -0.2) is 4.98 Å². The Morgan fingerprint density at radius 2 is 2.47 bits per heavy atom. The van der Waals surface area contributed by atoms with Gasteiger partial charge in [0.1, 0.15) is 0 Å². The lowest BCUT2D eigenvalue weighted by molar-refractivity contribution is -0.127. The van der Waals surface area contributed by atoms with E-state index in [1.54, 1.807) is 16.2 Å². The van der Waals surface area contributed by atoms with E-state index in [2.05, 4.69) is 18.5 Å². The average Bonchev–Trinajstić information content (AvgIpc) is 2.79. The number of aromatic nitrogens is 1. The molecule has 0 bridgehead atoms. The molecular formula is C13H18N2OS. The first-order valence-electron chi connectivity index (χ1n) is 6.05. The van der Waals surface area contributed by atoms with Crippen molar-refractivity contribution in [1.29, 1.82) is 0 Å². The Morgan fingerprint density at radius 1 is 1.71 bits per heavy atom. The van der Waals surface area contributed by atoms with Crippen molar-refractivity contribution in [2.45, 2.75) is 38.6 Å². The van der Waals surface area contributed by atoms with Crippen molar-refractivity contribution in [3.05, 3.63) is 28.2 Å². The molecule has 2 rings (SSSR count). The first-order chi connectivity index (χ1) is 8.17. The number of hydrogen-bond acceptors (Lipinski definition) is 3. The smallest absolute Gasteiger partial charge is 0.246 e. The molecule has 4 heteroatoms. The topological polar surface area (TPSA) is 33.2 Å². The van der Waals surface area contributed by atoms with Gasteiger partial charge in [0.05, 0.1) is 21.6 Å². The van der Waals surface area contributed by atoms with Gasteiger partial charge >= 0.3 is 0 Å². The lowest BCUT2D eigenvalue weighted by Crippen LogP contribution is -2.31. The van der Waals surface area contributed by atoms with E-state index in [1.807, 2.05) is 7.05 Å². The van der Waals surface area contributed by atoms with Crippen LogP contribution in [0.3, 0.4) is 0 Å². The summed E-state index contributed by atoms with van der Waals surface area (Å²) in [6, 6.07) is 0.196. The monoisotopic (exact) mass is 250 g/mol. The van der Waals surface area contributed by atoms with Crippen LogP contribution in [-0.2, 0) is 17.6 Å². The number of carbonyl (C=O) groups excluding carboxylic acids is 1. The van der Waals surface area contributed by atoms with E-state index < -0.39 is 0 Å². The molecule has 1 aromatic rings. The Bertz CT molecular complexity index is 439. The summed E-state index contributed by atoms with van der Waals surface area (Å²) < 4.78 is 0. The van der Waals surface area contributed by atoms with Gasteiger partial charge in [-0.05, 0) is 31.8 Å². The summed E-state index contributed by atoms with van der Waals surface area (Å²) >= 11 is 1.76. The Balaban J connectivity index is 2.30. The quantitative estimate of drug-likeness (QED) is 0.773. The molecule has 0 radical (unpaired) electrons. The normalized spacial score (nSPS) is 18.6. The van der Waals surface area contributed by atoms with Gasteiger partial charge in [-0.15, -0.1) is 11.3 Å². The zero-order valence-corrected chi connectivity index (χ0v) is 11.2. The number of fused-ring (bicyclic) bond motifs is 1. The Hall–Kier alpha value is -1.16. The van der Waals surface area contributed by atoms with Crippen molar-refractivity contribution in [2.75, 3.05) is 7.05 Å². The lowest BCUT2D eigenvalue weighted by Gasteiger charge is -2.29. The average molecular weight is 250 g/mol. The van der Waals surface area contributed by atoms with Crippen molar-refractivity contribution >= 4 is 17.2 Å². The molecule has 0 aliphatic heterocycles. The maximum Gasteiger partial charge on any atom is 0.246 e. The van der Waals surface area contributed by atoms with Crippen LogP contribution in [0.1, 0.15) is 41.4 Å². The summed E-state index contributed by atoms with van der Waals surface area (Å²) in [5.41, 5.74) is 1.20. The van der Waals surface area contributed by atoms with Gasteiger partial charge in [-0.3, -0.25) is 4.79 Å². The Kier molecular flexibility index (Phi) is 3.62. The summed E-state index contributed by atoms with van der Waals surface area (Å²) in [4.78, 5) is 19.4. The van der Waals surface area contributed by atoms with E-state index >= 15 is 0 Å². The van der Waals surface area contributed by atoms with Crippen LogP contribution in [0.4, 0.5) is 0 Å². The zero-order valence-electron chi connectivity index (χ0n) is 10.4. The summed E-state index contributed by atoms with van der Waals surface area (Å²) in [5.74, 6) is -0.00528. The van der Waals surface area contributed by atoms with Crippen molar-refractivity contribution in [1.82, 2.24) is 9.88 Å². The molecule has 1 aliphatic rings. The summed E-state index contributed by atoms with van der Waals surface area (Å²) in [6.45, 7) is 5.67. The minimum absolute atomic E-state index is 0.00528. The second-order valence-corrected chi connectivity index (χ2v) is 5.45. The fourth-order valence-corrected chi connectivity index (χ4v) is 3.50. The summed E-state index contributed by atoms with van der Waals surface area (Å²) in [5, 5.41) is 1.18. The number of carbonyl (C=O) groups is 1. The van der Waals surface area contributed by atoms with E-state index in [9.17, 15) is 4.79 Å². The zero-order chi connectivity index (χ0) is 12.4. The molecule has 1 atom stereocenters. The van der Waals surface area contributed by atoms with Crippen LogP contribution in [0.15, 0.2) is 12.7 Å². The maximum atomic E-state index is 11.7. The molecule has 0 aromatic carbocycles. The molecule has 0 saturated carbocycles. The number of amides is 1. The lowest BCUT2D eigenvalue weighted by atomic mass is 9.97. The van der Waals surface area contributed by atoms with Crippen LogP contribution < -0.4 is 0 Å².